The molecule has 2 bridgehead atoms. The van der Waals surface area contributed by atoms with Crippen molar-refractivity contribution in [3.63, 3.8) is 0 Å². The second-order valence-corrected chi connectivity index (χ2v) is 11.3. The van der Waals surface area contributed by atoms with Gasteiger partial charge in [0.1, 0.15) is 0 Å². The molecule has 1 N–H and O–H groups in total. The van der Waals surface area contributed by atoms with E-state index in [1.807, 2.05) is 78.9 Å². The molecule has 0 aromatic heterocycles. The molecule has 41 heavy (non-hydrogen) atoms. The van der Waals surface area contributed by atoms with Gasteiger partial charge in [-0.1, -0.05) is 103 Å². The Kier molecular flexibility index (Phi) is 6.09. The fraction of sp³-hybridized carbons (Fsp3) is 0.176. The average Bonchev–Trinajstić information content (AvgIpc) is 3.25. The van der Waals surface area contributed by atoms with Crippen molar-refractivity contribution in [2.24, 2.45) is 16.9 Å². The van der Waals surface area contributed by atoms with Gasteiger partial charge < -0.3 is 0 Å². The van der Waals surface area contributed by atoms with E-state index in [1.54, 1.807) is 30.5 Å². The van der Waals surface area contributed by atoms with Crippen LogP contribution in [-0.2, 0) is 32.8 Å². The lowest BCUT2D eigenvalue weighted by Gasteiger charge is -2.52. The highest BCUT2D eigenvalue weighted by Crippen LogP contribution is 2.63. The minimum atomic E-state index is -1.02. The number of hydrogen-bond donors (Lipinski definition) is 1. The normalized spacial score (nSPS) is 23.8. The van der Waals surface area contributed by atoms with Gasteiger partial charge in [0.2, 0.25) is 17.7 Å². The number of imide groups is 1. The average molecular weight is 560 g/mol. The van der Waals surface area contributed by atoms with Gasteiger partial charge >= 0.3 is 0 Å². The molecule has 4 aliphatic rings. The number of nitrogens with one attached hydrogen (secondary N) is 1. The highest BCUT2D eigenvalue weighted by molar-refractivity contribution is 6.30. The zero-order valence-corrected chi connectivity index (χ0v) is 22.8. The molecule has 4 aromatic carbocycles. The van der Waals surface area contributed by atoms with E-state index in [1.165, 1.54) is 4.90 Å². The quantitative estimate of drug-likeness (QED) is 0.200. The third-order valence-corrected chi connectivity index (χ3v) is 8.95. The molecule has 202 valence electrons. The number of rotatable bonds is 6. The number of halogens is 1. The second kappa shape index (κ2) is 9.82. The first-order valence-corrected chi connectivity index (χ1v) is 14.0. The van der Waals surface area contributed by atoms with E-state index in [9.17, 15) is 14.4 Å². The van der Waals surface area contributed by atoms with Gasteiger partial charge in [0.25, 0.3) is 0 Å². The lowest BCUT2D eigenvalue weighted by atomic mass is 9.47. The van der Waals surface area contributed by atoms with Crippen LogP contribution in [0, 0.1) is 11.8 Å². The Hall–Kier alpha value is -4.55. The maximum absolute atomic E-state index is 14.3. The van der Waals surface area contributed by atoms with Crippen LogP contribution >= 0.6 is 11.6 Å². The molecule has 6 nitrogen and oxygen atoms in total. The van der Waals surface area contributed by atoms with Crippen LogP contribution in [0.5, 0.6) is 0 Å². The summed E-state index contributed by atoms with van der Waals surface area (Å²) >= 11 is 5.98. The molecular weight excluding hydrogens is 534 g/mol. The molecule has 0 saturated carbocycles. The molecule has 2 atom stereocenters. The predicted octanol–water partition coefficient (Wildman–Crippen LogP) is 5.23. The largest absolute Gasteiger partial charge is 0.278 e. The van der Waals surface area contributed by atoms with Gasteiger partial charge in [0.05, 0.1) is 30.2 Å². The number of hydrazone groups is 1. The highest BCUT2D eigenvalue weighted by atomic mass is 35.5. The van der Waals surface area contributed by atoms with Gasteiger partial charge in [-0.2, -0.15) is 5.10 Å². The van der Waals surface area contributed by atoms with Gasteiger partial charge in [-0.15, -0.1) is 0 Å². The van der Waals surface area contributed by atoms with Crippen LogP contribution in [0.3, 0.4) is 0 Å². The maximum Gasteiger partial charge on any atom is 0.244 e. The summed E-state index contributed by atoms with van der Waals surface area (Å²) in [5.74, 6) is -2.14. The molecule has 7 heteroatoms. The van der Waals surface area contributed by atoms with Crippen molar-refractivity contribution in [3.8, 4) is 0 Å². The summed E-state index contributed by atoms with van der Waals surface area (Å²) in [6, 6.07) is 32.6. The molecule has 0 spiro atoms. The molecule has 1 aliphatic heterocycles. The van der Waals surface area contributed by atoms with Crippen molar-refractivity contribution in [3.05, 3.63) is 142 Å². The summed E-state index contributed by atoms with van der Waals surface area (Å²) in [6.45, 7) is 0.218. The van der Waals surface area contributed by atoms with Gasteiger partial charge in [-0.05, 0) is 45.5 Å². The van der Waals surface area contributed by atoms with Crippen LogP contribution in [-0.4, -0.2) is 28.8 Å². The second-order valence-electron chi connectivity index (χ2n) is 10.9. The number of hydrogen-bond acceptors (Lipinski definition) is 4. The standard InChI is InChI=1S/C34H26ClN3O3/c35-23-16-14-21(15-17-23)18-28(39)37-36-20-34-26-12-6-4-10-24(26)29(25-11-5-7-13-27(25)34)30-31(34)33(41)38(32(30)40)19-22-8-2-1-3-9-22/h1-17,20,29-31H,18-19H2,(H,37,39)/b36-20-/t29?,30-,31-,34?/m1/s1. The molecule has 8 rings (SSSR count). The maximum atomic E-state index is 14.3. The highest BCUT2D eigenvalue weighted by Gasteiger charge is 2.67. The molecule has 1 heterocycles. The Labute approximate surface area is 242 Å². The smallest absolute Gasteiger partial charge is 0.244 e. The number of benzene rings is 4. The zero-order valence-electron chi connectivity index (χ0n) is 22.0. The van der Waals surface area contributed by atoms with E-state index >= 15 is 0 Å². The van der Waals surface area contributed by atoms with Crippen LogP contribution in [0.25, 0.3) is 0 Å². The Morgan fingerprint density at radius 1 is 0.805 bits per heavy atom. The summed E-state index contributed by atoms with van der Waals surface area (Å²) in [6.07, 6.45) is 1.82. The van der Waals surface area contributed by atoms with E-state index in [0.717, 1.165) is 33.4 Å². The number of likely N-dealkylation sites (tertiary alicyclic amines) is 1. The molecule has 0 radical (unpaired) electrons. The van der Waals surface area contributed by atoms with Crippen molar-refractivity contribution in [1.29, 1.82) is 0 Å². The van der Waals surface area contributed by atoms with Crippen LogP contribution in [0.1, 0.15) is 39.3 Å². The van der Waals surface area contributed by atoms with Crippen LogP contribution in [0.15, 0.2) is 108 Å². The van der Waals surface area contributed by atoms with Crippen molar-refractivity contribution in [1.82, 2.24) is 10.3 Å². The molecule has 4 aromatic rings. The lowest BCUT2D eigenvalue weighted by Crippen LogP contribution is -2.54. The van der Waals surface area contributed by atoms with Gasteiger partial charge in [0, 0.05) is 17.2 Å². The van der Waals surface area contributed by atoms with E-state index in [2.05, 4.69) is 10.5 Å². The van der Waals surface area contributed by atoms with Crippen LogP contribution in [0.2, 0.25) is 5.02 Å². The first kappa shape index (κ1) is 25.4. The summed E-state index contributed by atoms with van der Waals surface area (Å²) in [5.41, 5.74) is 7.30. The first-order chi connectivity index (χ1) is 20.0. The molecule has 1 saturated heterocycles. The predicted molar refractivity (Wildman–Crippen MR) is 156 cm³/mol. The molecule has 3 amide bonds. The van der Waals surface area contributed by atoms with Crippen LogP contribution in [0.4, 0.5) is 0 Å². The Morgan fingerprint density at radius 2 is 1.41 bits per heavy atom. The lowest BCUT2D eigenvalue weighted by molar-refractivity contribution is -0.140. The summed E-state index contributed by atoms with van der Waals surface area (Å²) in [5, 5.41) is 5.07. The minimum absolute atomic E-state index is 0.130. The van der Waals surface area contributed by atoms with E-state index < -0.39 is 17.3 Å². The monoisotopic (exact) mass is 559 g/mol. The van der Waals surface area contributed by atoms with Crippen molar-refractivity contribution >= 4 is 35.5 Å². The molecule has 1 fully saturated rings. The topological polar surface area (TPSA) is 78.8 Å². The van der Waals surface area contributed by atoms with Gasteiger partial charge in [-0.3, -0.25) is 19.3 Å². The van der Waals surface area contributed by atoms with E-state index in [4.69, 9.17) is 11.6 Å². The third-order valence-electron chi connectivity index (χ3n) is 8.69. The molecular formula is C34H26ClN3O3. The molecule has 0 unspecified atom stereocenters. The minimum Gasteiger partial charge on any atom is -0.278 e. The summed E-state index contributed by atoms with van der Waals surface area (Å²) in [4.78, 5) is 42.6. The molecule has 3 aliphatic carbocycles. The number of amides is 3. The first-order valence-electron chi connectivity index (χ1n) is 13.6. The third kappa shape index (κ3) is 3.93. The van der Waals surface area contributed by atoms with E-state index in [-0.39, 0.29) is 36.6 Å². The van der Waals surface area contributed by atoms with Gasteiger partial charge in [0.15, 0.2) is 0 Å². The Balaban J connectivity index is 1.31. The van der Waals surface area contributed by atoms with Crippen molar-refractivity contribution in [2.75, 3.05) is 0 Å². The van der Waals surface area contributed by atoms with E-state index in [0.29, 0.717) is 5.02 Å². The van der Waals surface area contributed by atoms with Crippen LogP contribution < -0.4 is 5.43 Å². The Bertz CT molecular complexity index is 1670. The number of carbonyl (C=O) groups is 3. The number of carbonyl (C=O) groups excluding carboxylic acids is 3. The Morgan fingerprint density at radius 3 is 2.07 bits per heavy atom. The SMILES string of the molecule is O=C(Cc1ccc(Cl)cc1)N/N=C\C12c3ccccc3C(c3ccccc31)[C@H]1C(=O)N(Cc3ccccc3)C(=O)[C@@H]12. The van der Waals surface area contributed by atoms with Crippen molar-refractivity contribution in [2.45, 2.75) is 24.3 Å². The fourth-order valence-corrected chi connectivity index (χ4v) is 7.19. The summed E-state index contributed by atoms with van der Waals surface area (Å²) < 4.78 is 0. The van der Waals surface area contributed by atoms with Crippen molar-refractivity contribution < 1.29 is 14.4 Å². The van der Waals surface area contributed by atoms with Gasteiger partial charge in [-0.25, -0.2) is 5.43 Å². The zero-order chi connectivity index (χ0) is 28.1. The summed E-state index contributed by atoms with van der Waals surface area (Å²) in [7, 11) is 0. The fourth-order valence-electron chi connectivity index (χ4n) is 7.06. The number of nitrogens with zero attached hydrogens (tertiary/aromatic N) is 2.